The normalized spacial score (nSPS) is 10.8. The lowest BCUT2D eigenvalue weighted by Gasteiger charge is -2.09. The third-order valence-corrected chi connectivity index (χ3v) is 3.34. The molecule has 3 rings (SSSR count). The Balaban J connectivity index is 2.21. The zero-order valence-electron chi connectivity index (χ0n) is 11.8. The summed E-state index contributed by atoms with van der Waals surface area (Å²) in [5, 5.41) is 1.69. The van der Waals surface area contributed by atoms with Gasteiger partial charge in [0, 0.05) is 29.4 Å². The molecule has 0 aliphatic carbocycles. The van der Waals surface area contributed by atoms with Crippen LogP contribution in [0.5, 0.6) is 5.88 Å². The molecule has 0 bridgehead atoms. The Labute approximate surface area is 121 Å². The molecule has 3 aromatic heterocycles. The fourth-order valence-electron chi connectivity index (χ4n) is 2.24. The lowest BCUT2D eigenvalue weighted by atomic mass is 10.1. The number of hydrogen-bond acceptors (Lipinski definition) is 6. The van der Waals surface area contributed by atoms with Gasteiger partial charge in [0.05, 0.1) is 12.8 Å². The van der Waals surface area contributed by atoms with E-state index in [0.29, 0.717) is 17.5 Å². The minimum atomic E-state index is 0.421. The number of aryl methyl sites for hydroxylation is 1. The van der Waals surface area contributed by atoms with Crippen LogP contribution in [0.15, 0.2) is 30.6 Å². The summed E-state index contributed by atoms with van der Waals surface area (Å²) in [5.41, 5.74) is 14.4. The molecule has 0 spiro atoms. The number of aromatic nitrogens is 3. The third-order valence-electron chi connectivity index (χ3n) is 3.34. The Bertz CT molecular complexity index is 832. The highest BCUT2D eigenvalue weighted by molar-refractivity contribution is 5.94. The van der Waals surface area contributed by atoms with Gasteiger partial charge in [-0.15, -0.1) is 0 Å². The molecule has 4 N–H and O–H groups in total. The predicted molar refractivity (Wildman–Crippen MR) is 82.9 cm³/mol. The molecule has 0 amide bonds. The number of rotatable bonds is 2. The van der Waals surface area contributed by atoms with E-state index in [-0.39, 0.29) is 0 Å². The van der Waals surface area contributed by atoms with Crippen LogP contribution in [0.1, 0.15) is 5.56 Å². The van der Waals surface area contributed by atoms with Crippen molar-refractivity contribution < 1.29 is 4.74 Å². The smallest absolute Gasteiger partial charge is 0.213 e. The maximum absolute atomic E-state index is 6.01. The summed E-state index contributed by atoms with van der Waals surface area (Å²) in [6.07, 6.45) is 3.36. The molecule has 21 heavy (non-hydrogen) atoms. The SMILES string of the molecule is COc1cc(C)c(-c2cc3cc(N)ncc3c(N)n2)cn1. The molecular weight excluding hydrogens is 266 g/mol. The van der Waals surface area contributed by atoms with Gasteiger partial charge in [-0.1, -0.05) is 0 Å². The van der Waals surface area contributed by atoms with Gasteiger partial charge in [-0.05, 0) is 30.0 Å². The monoisotopic (exact) mass is 281 g/mol. The van der Waals surface area contributed by atoms with Crippen molar-refractivity contribution >= 4 is 22.4 Å². The van der Waals surface area contributed by atoms with Gasteiger partial charge in [0.25, 0.3) is 0 Å². The first-order valence-electron chi connectivity index (χ1n) is 6.41. The first-order valence-corrected chi connectivity index (χ1v) is 6.41. The minimum absolute atomic E-state index is 0.421. The summed E-state index contributed by atoms with van der Waals surface area (Å²) in [7, 11) is 1.59. The van der Waals surface area contributed by atoms with Gasteiger partial charge in [-0.25, -0.2) is 15.0 Å². The van der Waals surface area contributed by atoms with Crippen LogP contribution in [0, 0.1) is 6.92 Å². The van der Waals surface area contributed by atoms with Crippen LogP contribution >= 0.6 is 0 Å². The zero-order chi connectivity index (χ0) is 15.0. The minimum Gasteiger partial charge on any atom is -0.481 e. The molecule has 0 fully saturated rings. The summed E-state index contributed by atoms with van der Waals surface area (Å²) < 4.78 is 5.11. The molecule has 0 aromatic carbocycles. The maximum atomic E-state index is 6.01. The Hall–Kier alpha value is -2.89. The summed E-state index contributed by atoms with van der Waals surface area (Å²) >= 11 is 0. The second kappa shape index (κ2) is 4.90. The van der Waals surface area contributed by atoms with E-state index in [9.17, 15) is 0 Å². The number of methoxy groups -OCH3 is 1. The largest absolute Gasteiger partial charge is 0.481 e. The fourth-order valence-corrected chi connectivity index (χ4v) is 2.24. The number of hydrogen-bond donors (Lipinski definition) is 2. The van der Waals surface area contributed by atoms with E-state index in [1.807, 2.05) is 19.1 Å². The van der Waals surface area contributed by atoms with Crippen molar-refractivity contribution in [1.82, 2.24) is 15.0 Å². The molecule has 3 heterocycles. The molecule has 0 aliphatic rings. The van der Waals surface area contributed by atoms with Crippen molar-refractivity contribution in [3.8, 4) is 17.1 Å². The topological polar surface area (TPSA) is 99.9 Å². The van der Waals surface area contributed by atoms with Gasteiger partial charge in [0.2, 0.25) is 5.88 Å². The molecule has 0 radical (unpaired) electrons. The van der Waals surface area contributed by atoms with Crippen LogP contribution in [0.25, 0.3) is 22.0 Å². The van der Waals surface area contributed by atoms with E-state index in [1.54, 1.807) is 25.6 Å². The number of nitrogen functional groups attached to an aromatic ring is 2. The third kappa shape index (κ3) is 2.31. The molecule has 6 nitrogen and oxygen atoms in total. The van der Waals surface area contributed by atoms with Gasteiger partial charge in [0.15, 0.2) is 0 Å². The Morgan fingerprint density at radius 1 is 1.05 bits per heavy atom. The van der Waals surface area contributed by atoms with E-state index in [1.165, 1.54) is 0 Å². The molecule has 0 saturated carbocycles. The number of nitrogens with two attached hydrogens (primary N) is 2. The molecule has 0 atom stereocenters. The highest BCUT2D eigenvalue weighted by Gasteiger charge is 2.10. The lowest BCUT2D eigenvalue weighted by molar-refractivity contribution is 0.397. The average molecular weight is 281 g/mol. The summed E-state index contributed by atoms with van der Waals surface area (Å²) in [6.45, 7) is 1.97. The fraction of sp³-hybridized carbons (Fsp3) is 0.133. The summed E-state index contributed by atoms with van der Waals surface area (Å²) in [6, 6.07) is 5.57. The highest BCUT2D eigenvalue weighted by atomic mass is 16.5. The van der Waals surface area contributed by atoms with Crippen LogP contribution in [-0.4, -0.2) is 22.1 Å². The van der Waals surface area contributed by atoms with Crippen molar-refractivity contribution in [2.75, 3.05) is 18.6 Å². The average Bonchev–Trinajstić information content (AvgIpc) is 2.46. The Morgan fingerprint density at radius 3 is 2.57 bits per heavy atom. The second-order valence-electron chi connectivity index (χ2n) is 4.76. The molecular formula is C15H15N5O. The van der Waals surface area contributed by atoms with Crippen LogP contribution in [0.2, 0.25) is 0 Å². The van der Waals surface area contributed by atoms with Crippen LogP contribution < -0.4 is 16.2 Å². The summed E-state index contributed by atoms with van der Waals surface area (Å²) in [5.74, 6) is 1.44. The molecule has 0 unspecified atom stereocenters. The van der Waals surface area contributed by atoms with Gasteiger partial charge in [0.1, 0.15) is 11.6 Å². The summed E-state index contributed by atoms with van der Waals surface area (Å²) in [4.78, 5) is 12.7. The van der Waals surface area contributed by atoms with Gasteiger partial charge < -0.3 is 16.2 Å². The van der Waals surface area contributed by atoms with Crippen molar-refractivity contribution in [3.05, 3.63) is 36.2 Å². The van der Waals surface area contributed by atoms with Gasteiger partial charge >= 0.3 is 0 Å². The number of fused-ring (bicyclic) bond motifs is 1. The molecule has 106 valence electrons. The highest BCUT2D eigenvalue weighted by Crippen LogP contribution is 2.29. The number of anilines is 2. The van der Waals surface area contributed by atoms with E-state index >= 15 is 0 Å². The van der Waals surface area contributed by atoms with E-state index < -0.39 is 0 Å². The van der Waals surface area contributed by atoms with E-state index in [4.69, 9.17) is 16.2 Å². The quantitative estimate of drug-likeness (QED) is 0.746. The second-order valence-corrected chi connectivity index (χ2v) is 4.76. The number of pyridine rings is 3. The molecule has 0 saturated heterocycles. The van der Waals surface area contributed by atoms with Crippen molar-refractivity contribution in [3.63, 3.8) is 0 Å². The van der Waals surface area contributed by atoms with Gasteiger partial charge in [-0.2, -0.15) is 0 Å². The maximum Gasteiger partial charge on any atom is 0.213 e. The van der Waals surface area contributed by atoms with Crippen LogP contribution in [0.4, 0.5) is 11.6 Å². The van der Waals surface area contributed by atoms with Gasteiger partial charge in [-0.3, -0.25) is 0 Å². The standard InChI is InChI=1S/C15H15N5O/c1-8-3-14(21-2)19-6-10(8)12-4-9-5-13(16)18-7-11(9)15(17)20-12/h3-7H,1-2H3,(H2,16,18)(H2,17,20). The Kier molecular flexibility index (Phi) is 3.06. The zero-order valence-corrected chi connectivity index (χ0v) is 11.8. The number of ether oxygens (including phenoxy) is 1. The number of nitrogens with zero attached hydrogens (tertiary/aromatic N) is 3. The molecule has 0 aliphatic heterocycles. The first-order chi connectivity index (χ1) is 10.1. The van der Waals surface area contributed by atoms with E-state index in [0.717, 1.165) is 27.6 Å². The molecule has 6 heteroatoms. The van der Waals surface area contributed by atoms with Crippen LogP contribution in [-0.2, 0) is 0 Å². The van der Waals surface area contributed by atoms with Crippen molar-refractivity contribution in [1.29, 1.82) is 0 Å². The predicted octanol–water partition coefficient (Wildman–Crippen LogP) is 2.17. The molecule has 3 aromatic rings. The first kappa shape index (κ1) is 13.1. The van der Waals surface area contributed by atoms with Crippen molar-refractivity contribution in [2.24, 2.45) is 0 Å². The lowest BCUT2D eigenvalue weighted by Crippen LogP contribution is -1.98. The van der Waals surface area contributed by atoms with E-state index in [2.05, 4.69) is 15.0 Å². The van der Waals surface area contributed by atoms with Crippen molar-refractivity contribution in [2.45, 2.75) is 6.92 Å². The Morgan fingerprint density at radius 2 is 1.86 bits per heavy atom. The van der Waals surface area contributed by atoms with Crippen LogP contribution in [0.3, 0.4) is 0 Å².